The van der Waals surface area contributed by atoms with Crippen LogP contribution in [0.25, 0.3) is 10.4 Å². The number of anilines is 1. The number of halogens is 2. The Bertz CT molecular complexity index is 697. The lowest BCUT2D eigenvalue weighted by Gasteiger charge is -2.10. The summed E-state index contributed by atoms with van der Waals surface area (Å²) in [6, 6.07) is 4.45. The molecule has 0 radical (unpaired) electrons. The van der Waals surface area contributed by atoms with Gasteiger partial charge in [0.15, 0.2) is 0 Å². The van der Waals surface area contributed by atoms with Gasteiger partial charge in [0.1, 0.15) is 10.7 Å². The van der Waals surface area contributed by atoms with Gasteiger partial charge in [-0.1, -0.05) is 29.8 Å². The van der Waals surface area contributed by atoms with Crippen molar-refractivity contribution in [1.82, 2.24) is 0 Å². The van der Waals surface area contributed by atoms with Crippen molar-refractivity contribution in [2.24, 2.45) is 0 Å². The predicted molar refractivity (Wildman–Crippen MR) is 87.3 cm³/mol. The van der Waals surface area contributed by atoms with Crippen LogP contribution in [0.3, 0.4) is 0 Å². The number of esters is 1. The van der Waals surface area contributed by atoms with Crippen LogP contribution in [0.15, 0.2) is 22.7 Å². The summed E-state index contributed by atoms with van der Waals surface area (Å²) in [6.45, 7) is 3.96. The molecule has 0 spiro atoms. The molecule has 2 N–H and O–H groups in total. The molecule has 0 aliphatic heterocycles. The zero-order chi connectivity index (χ0) is 15.7. The molecule has 1 heterocycles. The van der Waals surface area contributed by atoms with Crippen LogP contribution in [0.1, 0.15) is 35.0 Å². The molecule has 2 rings (SSSR count). The highest BCUT2D eigenvalue weighted by Crippen LogP contribution is 2.45. The van der Waals surface area contributed by atoms with E-state index < -0.39 is 5.97 Å². The van der Waals surface area contributed by atoms with Gasteiger partial charge < -0.3 is 10.5 Å². The molecule has 0 bridgehead atoms. The van der Waals surface area contributed by atoms with Crippen LogP contribution < -0.4 is 5.73 Å². The maximum Gasteiger partial charge on any atom is 0.350 e. The minimum absolute atomic E-state index is 0.102. The van der Waals surface area contributed by atoms with Crippen molar-refractivity contribution in [3.8, 4) is 10.4 Å². The third-order valence-electron chi connectivity index (χ3n) is 3.10. The Morgan fingerprint density at radius 3 is 2.67 bits per heavy atom. The molecule has 1 aromatic carbocycles. The molecular formula is C15H15BrFNO2S. The molecule has 0 saturated carbocycles. The van der Waals surface area contributed by atoms with Gasteiger partial charge in [-0.25, -0.2) is 9.18 Å². The van der Waals surface area contributed by atoms with Crippen molar-refractivity contribution in [2.75, 3.05) is 12.8 Å². The second kappa shape index (κ2) is 6.15. The molecule has 3 nitrogen and oxygen atoms in total. The Hall–Kier alpha value is -1.40. The number of nitrogen functional groups attached to an aromatic ring is 1. The second-order valence-corrected chi connectivity index (χ2v) is 6.73. The van der Waals surface area contributed by atoms with Crippen molar-refractivity contribution in [1.29, 1.82) is 0 Å². The first-order chi connectivity index (χ1) is 9.86. The fraction of sp³-hybridized carbons (Fsp3) is 0.267. The molecule has 1 aromatic heterocycles. The molecule has 0 fully saturated rings. The van der Waals surface area contributed by atoms with E-state index in [1.165, 1.54) is 30.6 Å². The summed E-state index contributed by atoms with van der Waals surface area (Å²) in [7, 11) is 1.31. The number of thiophene rings is 1. The molecule has 112 valence electrons. The summed E-state index contributed by atoms with van der Waals surface area (Å²) >= 11 is 4.65. The number of methoxy groups -OCH3 is 1. The summed E-state index contributed by atoms with van der Waals surface area (Å²) in [5, 5.41) is 0. The normalized spacial score (nSPS) is 11.0. The first-order valence-corrected chi connectivity index (χ1v) is 7.93. The molecule has 0 saturated heterocycles. The quantitative estimate of drug-likeness (QED) is 0.787. The molecule has 6 heteroatoms. The maximum absolute atomic E-state index is 13.6. The molecule has 0 unspecified atom stereocenters. The highest BCUT2D eigenvalue weighted by Gasteiger charge is 2.25. The van der Waals surface area contributed by atoms with E-state index in [0.717, 1.165) is 14.9 Å². The van der Waals surface area contributed by atoms with Gasteiger partial charge in [-0.3, -0.25) is 0 Å². The van der Waals surface area contributed by atoms with E-state index in [-0.39, 0.29) is 11.7 Å². The fourth-order valence-corrected chi connectivity index (χ4v) is 4.05. The van der Waals surface area contributed by atoms with Crippen molar-refractivity contribution >= 4 is 38.9 Å². The zero-order valence-corrected chi connectivity index (χ0v) is 14.3. The van der Waals surface area contributed by atoms with E-state index in [9.17, 15) is 9.18 Å². The number of ether oxygens (including phenoxy) is 1. The first kappa shape index (κ1) is 16.0. The lowest BCUT2D eigenvalue weighted by atomic mass is 9.98. The highest BCUT2D eigenvalue weighted by atomic mass is 79.9. The van der Waals surface area contributed by atoms with Crippen LogP contribution in [0.5, 0.6) is 0 Å². The Labute approximate surface area is 135 Å². The molecule has 0 amide bonds. The van der Waals surface area contributed by atoms with Crippen molar-refractivity contribution in [3.63, 3.8) is 0 Å². The zero-order valence-electron chi connectivity index (χ0n) is 11.9. The van der Waals surface area contributed by atoms with Gasteiger partial charge in [-0.15, -0.1) is 11.3 Å². The number of hydrogen-bond acceptors (Lipinski definition) is 4. The van der Waals surface area contributed by atoms with Gasteiger partial charge in [-0.2, -0.15) is 0 Å². The molecule has 0 aliphatic carbocycles. The summed E-state index contributed by atoms with van der Waals surface area (Å²) in [5.74, 6) is -0.711. The van der Waals surface area contributed by atoms with Crippen LogP contribution in [0.4, 0.5) is 10.1 Å². The maximum atomic E-state index is 13.6. The van der Waals surface area contributed by atoms with E-state index in [2.05, 4.69) is 15.9 Å². The van der Waals surface area contributed by atoms with Gasteiger partial charge in [0, 0.05) is 14.9 Å². The number of carbonyl (C=O) groups is 1. The third kappa shape index (κ3) is 2.96. The minimum Gasteiger partial charge on any atom is -0.465 e. The number of nitrogens with two attached hydrogens (primary N) is 1. The summed E-state index contributed by atoms with van der Waals surface area (Å²) in [5.41, 5.74) is 8.04. The Balaban J connectivity index is 2.73. The average Bonchev–Trinajstić information content (AvgIpc) is 2.78. The smallest absolute Gasteiger partial charge is 0.350 e. The van der Waals surface area contributed by atoms with Gasteiger partial charge >= 0.3 is 5.97 Å². The Morgan fingerprint density at radius 2 is 2.10 bits per heavy atom. The Kier molecular flexibility index (Phi) is 4.68. The highest BCUT2D eigenvalue weighted by molar-refractivity contribution is 9.10. The van der Waals surface area contributed by atoms with Gasteiger partial charge in [0.25, 0.3) is 0 Å². The van der Waals surface area contributed by atoms with Gasteiger partial charge in [-0.05, 0) is 29.7 Å². The van der Waals surface area contributed by atoms with Gasteiger partial charge in [0.05, 0.1) is 12.8 Å². The first-order valence-electron chi connectivity index (χ1n) is 6.32. The van der Waals surface area contributed by atoms with Crippen LogP contribution in [0.2, 0.25) is 0 Å². The van der Waals surface area contributed by atoms with E-state index in [1.807, 2.05) is 13.8 Å². The summed E-state index contributed by atoms with van der Waals surface area (Å²) in [6.07, 6.45) is 0. The number of carbonyl (C=O) groups excluding carboxylic acids is 1. The van der Waals surface area contributed by atoms with Gasteiger partial charge in [0.2, 0.25) is 0 Å². The SMILES string of the molecule is COC(=O)c1sc(-c2cc(F)ccc2Br)c(C(C)C)c1N. The predicted octanol–water partition coefficient (Wildman–Crippen LogP) is 4.81. The Morgan fingerprint density at radius 1 is 1.43 bits per heavy atom. The fourth-order valence-electron chi connectivity index (χ4n) is 2.15. The van der Waals surface area contributed by atoms with Crippen molar-refractivity contribution in [3.05, 3.63) is 38.9 Å². The summed E-state index contributed by atoms with van der Waals surface area (Å²) in [4.78, 5) is 13.0. The molecule has 0 aliphatic rings. The number of rotatable bonds is 3. The van der Waals surface area contributed by atoms with Crippen LogP contribution in [-0.2, 0) is 4.74 Å². The molecular weight excluding hydrogens is 357 g/mol. The van der Waals surface area contributed by atoms with E-state index in [1.54, 1.807) is 6.07 Å². The molecule has 21 heavy (non-hydrogen) atoms. The van der Waals surface area contributed by atoms with E-state index in [0.29, 0.717) is 16.1 Å². The third-order valence-corrected chi connectivity index (χ3v) is 5.03. The standard InChI is InChI=1S/C15H15BrFNO2S/c1-7(2)11-12(18)14(15(19)20-3)21-13(11)9-6-8(17)4-5-10(9)16/h4-7H,18H2,1-3H3. The van der Waals surface area contributed by atoms with Crippen LogP contribution in [-0.4, -0.2) is 13.1 Å². The minimum atomic E-state index is -0.474. The molecule has 0 atom stereocenters. The van der Waals surface area contributed by atoms with Crippen LogP contribution >= 0.6 is 27.3 Å². The lowest BCUT2D eigenvalue weighted by molar-refractivity contribution is 0.0607. The number of hydrogen-bond donors (Lipinski definition) is 1. The topological polar surface area (TPSA) is 52.3 Å². The lowest BCUT2D eigenvalue weighted by Crippen LogP contribution is -2.03. The van der Waals surface area contributed by atoms with E-state index >= 15 is 0 Å². The monoisotopic (exact) mass is 371 g/mol. The van der Waals surface area contributed by atoms with Crippen molar-refractivity contribution < 1.29 is 13.9 Å². The number of benzene rings is 1. The summed E-state index contributed by atoms with van der Waals surface area (Å²) < 4.78 is 19.1. The van der Waals surface area contributed by atoms with Crippen LogP contribution in [0, 0.1) is 5.82 Å². The van der Waals surface area contributed by atoms with Crippen molar-refractivity contribution in [2.45, 2.75) is 19.8 Å². The molecule has 2 aromatic rings. The van der Waals surface area contributed by atoms with E-state index in [4.69, 9.17) is 10.5 Å². The average molecular weight is 372 g/mol. The second-order valence-electron chi connectivity index (χ2n) is 4.86. The largest absolute Gasteiger partial charge is 0.465 e.